The van der Waals surface area contributed by atoms with Crippen LogP contribution < -0.4 is 154 Å². The zero-order chi connectivity index (χ0) is 14.4. The third-order valence-electron chi connectivity index (χ3n) is 3.23. The van der Waals surface area contributed by atoms with E-state index < -0.39 is 7.60 Å². The monoisotopic (exact) mass is 407 g/mol. The van der Waals surface area contributed by atoms with Gasteiger partial charge in [0.1, 0.15) is 0 Å². The molecule has 0 aliphatic heterocycles. The molecule has 2 N–H and O–H groups in total. The molecule has 0 atom stereocenters. The van der Waals surface area contributed by atoms with Gasteiger partial charge in [-0.2, -0.15) is 0 Å². The van der Waals surface area contributed by atoms with Gasteiger partial charge in [-0.05, 0) is 36.0 Å². The van der Waals surface area contributed by atoms with Crippen LogP contribution in [0.1, 0.15) is 18.4 Å². The second kappa shape index (κ2) is 15.4. The van der Waals surface area contributed by atoms with Gasteiger partial charge >= 0.3 is 162 Å². The first-order valence-corrected chi connectivity index (χ1v) is 8.53. The molecule has 7 heteroatoms. The summed E-state index contributed by atoms with van der Waals surface area (Å²) >= 11 is 0. The number of hydrogen-bond acceptors (Lipinski definition) is 1. The minimum Gasteiger partial charge on any atom is -0.324 e. The number of hydrogen-bond donors (Lipinski definition) is 2. The van der Waals surface area contributed by atoms with E-state index in [1.165, 1.54) is 16.7 Å². The normalized spacial score (nSPS) is 10.0. The molecule has 2 aromatic rings. The molecular formula is C16H19K3O3P+3. The molecule has 2 aromatic carbocycles. The molecule has 0 aliphatic rings. The quantitative estimate of drug-likeness (QED) is 0.286. The Hall–Kier alpha value is 3.50. The third kappa shape index (κ3) is 12.5. The first kappa shape index (κ1) is 28.7. The van der Waals surface area contributed by atoms with Gasteiger partial charge in [0, 0.05) is 6.16 Å². The molecule has 0 fully saturated rings. The van der Waals surface area contributed by atoms with Gasteiger partial charge in [0.2, 0.25) is 0 Å². The average Bonchev–Trinajstić information content (AvgIpc) is 2.44. The fourth-order valence-electron chi connectivity index (χ4n) is 2.14. The first-order valence-electron chi connectivity index (χ1n) is 6.73. The van der Waals surface area contributed by atoms with Crippen molar-refractivity contribution in [3.63, 3.8) is 0 Å². The van der Waals surface area contributed by atoms with E-state index in [2.05, 4.69) is 36.4 Å². The van der Waals surface area contributed by atoms with E-state index in [1.807, 2.05) is 18.2 Å². The van der Waals surface area contributed by atoms with Gasteiger partial charge < -0.3 is 9.79 Å². The van der Waals surface area contributed by atoms with Crippen LogP contribution in [0.5, 0.6) is 0 Å². The largest absolute Gasteiger partial charge is 1.00 e. The molecule has 0 radical (unpaired) electrons. The van der Waals surface area contributed by atoms with Gasteiger partial charge in [0.25, 0.3) is 0 Å². The maximum absolute atomic E-state index is 10.7. The fraction of sp³-hybridized carbons (Fsp3) is 0.250. The van der Waals surface area contributed by atoms with Crippen molar-refractivity contribution in [1.29, 1.82) is 0 Å². The van der Waals surface area contributed by atoms with E-state index in [4.69, 9.17) is 9.79 Å². The van der Waals surface area contributed by atoms with Gasteiger partial charge in [0.15, 0.2) is 0 Å². The molecule has 0 aliphatic carbocycles. The summed E-state index contributed by atoms with van der Waals surface area (Å²) in [6.07, 6.45) is 2.20. The number of benzene rings is 2. The summed E-state index contributed by atoms with van der Waals surface area (Å²) in [5.41, 5.74) is 3.58. The summed E-state index contributed by atoms with van der Waals surface area (Å²) < 4.78 is 10.7. The second-order valence-corrected chi connectivity index (χ2v) is 6.68. The van der Waals surface area contributed by atoms with Gasteiger partial charge in [-0.15, -0.1) is 0 Å². The van der Waals surface area contributed by atoms with E-state index in [9.17, 15) is 4.57 Å². The molecule has 0 aromatic heterocycles. The van der Waals surface area contributed by atoms with E-state index in [1.54, 1.807) is 0 Å². The van der Waals surface area contributed by atoms with Crippen LogP contribution in [0.25, 0.3) is 11.1 Å². The topological polar surface area (TPSA) is 57.5 Å². The smallest absolute Gasteiger partial charge is 0.324 e. The Balaban J connectivity index is 0. The van der Waals surface area contributed by atoms with Crippen molar-refractivity contribution in [3.8, 4) is 11.1 Å². The number of rotatable bonds is 6. The summed E-state index contributed by atoms with van der Waals surface area (Å²) in [4.78, 5) is 17.6. The van der Waals surface area contributed by atoms with E-state index >= 15 is 0 Å². The van der Waals surface area contributed by atoms with E-state index in [0.717, 1.165) is 12.8 Å². The van der Waals surface area contributed by atoms with Crippen molar-refractivity contribution in [2.45, 2.75) is 19.3 Å². The Bertz CT molecular complexity index is 585. The van der Waals surface area contributed by atoms with Gasteiger partial charge in [-0.1, -0.05) is 54.6 Å². The van der Waals surface area contributed by atoms with Crippen molar-refractivity contribution in [3.05, 3.63) is 60.2 Å². The summed E-state index contributed by atoms with van der Waals surface area (Å²) in [5.74, 6) is 0. The Morgan fingerprint density at radius 3 is 1.78 bits per heavy atom. The molecule has 0 saturated carbocycles. The Morgan fingerprint density at radius 2 is 1.26 bits per heavy atom. The summed E-state index contributed by atoms with van der Waals surface area (Å²) in [6.45, 7) is 0. The SMILES string of the molecule is O=P(O)(O)CCCCc1ccc(-c2ccccc2)cc1.[K+].[K+].[K+]. The van der Waals surface area contributed by atoms with Crippen LogP contribution in [0.3, 0.4) is 0 Å². The third-order valence-corrected chi connectivity index (χ3v) is 4.12. The number of aryl methyl sites for hydroxylation is 1. The summed E-state index contributed by atoms with van der Waals surface area (Å²) in [5, 5.41) is 0. The van der Waals surface area contributed by atoms with Crippen LogP contribution in [0.4, 0.5) is 0 Å². The zero-order valence-corrected chi connectivity index (χ0v) is 24.5. The maximum atomic E-state index is 10.7. The molecular weight excluding hydrogens is 388 g/mol. The molecule has 3 nitrogen and oxygen atoms in total. The van der Waals surface area contributed by atoms with Crippen LogP contribution in [-0.4, -0.2) is 15.9 Å². The van der Waals surface area contributed by atoms with Gasteiger partial charge in [-0.3, -0.25) is 4.57 Å². The van der Waals surface area contributed by atoms with Crippen LogP contribution in [0.15, 0.2) is 54.6 Å². The molecule has 0 spiro atoms. The molecule has 2 rings (SSSR count). The van der Waals surface area contributed by atoms with Crippen LogP contribution in [0.2, 0.25) is 0 Å². The van der Waals surface area contributed by atoms with Crippen molar-refractivity contribution >= 4 is 7.60 Å². The summed E-state index contributed by atoms with van der Waals surface area (Å²) in [6, 6.07) is 18.5. The van der Waals surface area contributed by atoms with Crippen molar-refractivity contribution < 1.29 is 169 Å². The molecule has 0 bridgehead atoms. The predicted molar refractivity (Wildman–Crippen MR) is 81.7 cm³/mol. The molecule has 0 amide bonds. The van der Waals surface area contributed by atoms with Crippen molar-refractivity contribution in [2.24, 2.45) is 0 Å². The van der Waals surface area contributed by atoms with Gasteiger partial charge in [-0.25, -0.2) is 0 Å². The predicted octanol–water partition coefficient (Wildman–Crippen LogP) is -5.13. The fourth-order valence-corrected chi connectivity index (χ4v) is 2.78. The zero-order valence-electron chi connectivity index (χ0n) is 14.3. The minimum absolute atomic E-state index is 0. The van der Waals surface area contributed by atoms with Crippen molar-refractivity contribution in [1.82, 2.24) is 0 Å². The van der Waals surface area contributed by atoms with Crippen molar-refractivity contribution in [2.75, 3.05) is 6.16 Å². The Morgan fingerprint density at radius 1 is 0.739 bits per heavy atom. The minimum atomic E-state index is -3.83. The number of unbranched alkanes of at least 4 members (excludes halogenated alkanes) is 1. The van der Waals surface area contributed by atoms with Crippen LogP contribution in [-0.2, 0) is 11.0 Å². The standard InChI is InChI=1S/C16H19O3P.3K/c17-20(18,19)13-5-4-6-14-9-11-16(12-10-14)15-7-2-1-3-8-15;;;/h1-3,7-12H,4-6,13H2,(H2,17,18,19);;;/q;3*+1. The van der Waals surface area contributed by atoms with Crippen LogP contribution >= 0.6 is 7.60 Å². The molecule has 23 heavy (non-hydrogen) atoms. The molecule has 106 valence electrons. The summed E-state index contributed by atoms with van der Waals surface area (Å²) in [7, 11) is -3.83. The molecule has 0 saturated heterocycles. The van der Waals surface area contributed by atoms with E-state index in [-0.39, 0.29) is 160 Å². The maximum Gasteiger partial charge on any atom is 1.00 e. The molecule has 0 unspecified atom stereocenters. The second-order valence-electron chi connectivity index (χ2n) is 4.91. The van der Waals surface area contributed by atoms with Crippen LogP contribution in [0, 0.1) is 0 Å². The Labute approximate surface area is 266 Å². The van der Waals surface area contributed by atoms with E-state index in [0.29, 0.717) is 6.42 Å². The Kier molecular flexibility index (Phi) is 19.3. The first-order chi connectivity index (χ1) is 9.54. The average molecular weight is 408 g/mol. The molecule has 0 heterocycles. The van der Waals surface area contributed by atoms with Gasteiger partial charge in [0.05, 0.1) is 0 Å².